The van der Waals surface area contributed by atoms with E-state index in [9.17, 15) is 14.9 Å². The predicted molar refractivity (Wildman–Crippen MR) is 152 cm³/mol. The molecule has 0 spiro atoms. The van der Waals surface area contributed by atoms with E-state index in [0.29, 0.717) is 10.8 Å². The lowest BCUT2D eigenvalue weighted by Gasteiger charge is -2.10. The zero-order valence-corrected chi connectivity index (χ0v) is 22.2. The number of ether oxygens (including phenoxy) is 2. The third-order valence-electron chi connectivity index (χ3n) is 5.68. The Balaban J connectivity index is 1.24. The lowest BCUT2D eigenvalue weighted by atomic mass is 10.1. The van der Waals surface area contributed by atoms with Crippen LogP contribution in [0, 0.1) is 10.1 Å². The van der Waals surface area contributed by atoms with Gasteiger partial charge in [0.1, 0.15) is 17.2 Å². The molecule has 4 aromatic carbocycles. The molecule has 0 bridgehead atoms. The van der Waals surface area contributed by atoms with Crippen molar-refractivity contribution in [2.24, 2.45) is 0 Å². The lowest BCUT2D eigenvalue weighted by molar-refractivity contribution is -0.384. The standard InChI is InChI=1S/C29H20Cl2N4O5/c30-21-8-11-28(26(31)14-21)40-25-16-22(15-23(17-25)35(37)38)32-29(36)27-12-13-34(33-27)18-39-24-9-6-20(7-10-24)19-4-2-1-3-5-19/h1-17H,18H2,(H,32,36). The third-order valence-corrected chi connectivity index (χ3v) is 6.21. The smallest absolute Gasteiger partial charge is 0.276 e. The van der Waals surface area contributed by atoms with Gasteiger partial charge in [0.05, 0.1) is 21.7 Å². The first-order valence-corrected chi connectivity index (χ1v) is 12.6. The van der Waals surface area contributed by atoms with Gasteiger partial charge in [-0.15, -0.1) is 0 Å². The number of carbonyl (C=O) groups is 1. The number of nitrogens with zero attached hydrogens (tertiary/aromatic N) is 3. The lowest BCUT2D eigenvalue weighted by Crippen LogP contribution is -2.14. The number of non-ortho nitro benzene ring substituents is 1. The van der Waals surface area contributed by atoms with E-state index < -0.39 is 10.8 Å². The molecule has 1 heterocycles. The number of nitro benzene ring substituents is 1. The number of halogens is 2. The van der Waals surface area contributed by atoms with Gasteiger partial charge in [-0.25, -0.2) is 4.68 Å². The highest BCUT2D eigenvalue weighted by molar-refractivity contribution is 6.35. The largest absolute Gasteiger partial charge is 0.471 e. The van der Waals surface area contributed by atoms with E-state index in [-0.39, 0.29) is 40.3 Å². The Hall–Kier alpha value is -4.86. The molecule has 5 rings (SSSR count). The number of aromatic nitrogens is 2. The van der Waals surface area contributed by atoms with Gasteiger partial charge in [0, 0.05) is 23.4 Å². The number of nitro groups is 1. The van der Waals surface area contributed by atoms with Crippen LogP contribution >= 0.6 is 23.2 Å². The van der Waals surface area contributed by atoms with Crippen molar-refractivity contribution in [1.29, 1.82) is 0 Å². The highest BCUT2D eigenvalue weighted by Crippen LogP contribution is 2.34. The van der Waals surface area contributed by atoms with Gasteiger partial charge in [0.2, 0.25) is 0 Å². The summed E-state index contributed by atoms with van der Waals surface area (Å²) in [5.74, 6) is 0.427. The highest BCUT2D eigenvalue weighted by Gasteiger charge is 2.16. The molecule has 0 saturated heterocycles. The van der Waals surface area contributed by atoms with Gasteiger partial charge in [0.15, 0.2) is 12.4 Å². The molecule has 1 aromatic heterocycles. The van der Waals surface area contributed by atoms with E-state index in [4.69, 9.17) is 32.7 Å². The van der Waals surface area contributed by atoms with Crippen LogP contribution in [-0.4, -0.2) is 20.6 Å². The molecule has 0 atom stereocenters. The minimum Gasteiger partial charge on any atom is -0.471 e. The van der Waals surface area contributed by atoms with Gasteiger partial charge in [-0.2, -0.15) is 5.10 Å². The Morgan fingerprint density at radius 1 is 0.900 bits per heavy atom. The van der Waals surface area contributed by atoms with Crippen molar-refractivity contribution in [2.45, 2.75) is 6.73 Å². The Bertz CT molecular complexity index is 1670. The van der Waals surface area contributed by atoms with Gasteiger partial charge < -0.3 is 14.8 Å². The fourth-order valence-corrected chi connectivity index (χ4v) is 4.22. The summed E-state index contributed by atoms with van der Waals surface area (Å²) in [6.07, 6.45) is 1.60. The number of carbonyl (C=O) groups excluding carboxylic acids is 1. The maximum absolute atomic E-state index is 12.8. The molecule has 11 heteroatoms. The number of rotatable bonds is 9. The van der Waals surface area contributed by atoms with Crippen LogP contribution in [0.1, 0.15) is 10.5 Å². The molecule has 0 aliphatic heterocycles. The van der Waals surface area contributed by atoms with Crippen LogP contribution in [-0.2, 0) is 6.73 Å². The Kier molecular flexibility index (Phi) is 7.95. The normalized spacial score (nSPS) is 10.7. The molecule has 0 saturated carbocycles. The summed E-state index contributed by atoms with van der Waals surface area (Å²) in [5.41, 5.74) is 2.13. The van der Waals surface area contributed by atoms with Crippen molar-refractivity contribution in [1.82, 2.24) is 9.78 Å². The zero-order chi connectivity index (χ0) is 28.1. The summed E-state index contributed by atoms with van der Waals surface area (Å²) in [6.45, 7) is 0.0780. The minimum atomic E-state index is -0.593. The second-order valence-corrected chi connectivity index (χ2v) is 9.35. The van der Waals surface area contributed by atoms with E-state index >= 15 is 0 Å². The predicted octanol–water partition coefficient (Wildman–Crippen LogP) is 7.85. The molecule has 0 unspecified atom stereocenters. The van der Waals surface area contributed by atoms with Crippen molar-refractivity contribution < 1.29 is 19.2 Å². The summed E-state index contributed by atoms with van der Waals surface area (Å²) in [4.78, 5) is 23.7. The summed E-state index contributed by atoms with van der Waals surface area (Å²) >= 11 is 12.1. The molecular formula is C29H20Cl2N4O5. The Morgan fingerprint density at radius 3 is 2.38 bits per heavy atom. The summed E-state index contributed by atoms with van der Waals surface area (Å²) in [6, 6.07) is 27.6. The van der Waals surface area contributed by atoms with Crippen LogP contribution in [0.2, 0.25) is 10.0 Å². The van der Waals surface area contributed by atoms with Crippen molar-refractivity contribution >= 4 is 40.5 Å². The minimum absolute atomic E-state index is 0.0780. The van der Waals surface area contributed by atoms with E-state index in [1.54, 1.807) is 12.3 Å². The average Bonchev–Trinajstić information content (AvgIpc) is 3.43. The molecule has 1 amide bonds. The molecule has 1 N–H and O–H groups in total. The van der Waals surface area contributed by atoms with E-state index in [0.717, 1.165) is 11.1 Å². The molecule has 5 aromatic rings. The van der Waals surface area contributed by atoms with Gasteiger partial charge in [-0.3, -0.25) is 14.9 Å². The maximum Gasteiger partial charge on any atom is 0.276 e. The van der Waals surface area contributed by atoms with Crippen molar-refractivity contribution in [2.75, 3.05) is 5.32 Å². The van der Waals surface area contributed by atoms with Crippen LogP contribution in [0.4, 0.5) is 11.4 Å². The number of anilines is 1. The first-order valence-electron chi connectivity index (χ1n) is 11.9. The summed E-state index contributed by atoms with van der Waals surface area (Å²) in [7, 11) is 0. The molecule has 0 fully saturated rings. The van der Waals surface area contributed by atoms with Crippen LogP contribution in [0.25, 0.3) is 11.1 Å². The molecular weight excluding hydrogens is 555 g/mol. The number of hydrogen-bond acceptors (Lipinski definition) is 6. The second-order valence-electron chi connectivity index (χ2n) is 8.51. The number of amides is 1. The highest BCUT2D eigenvalue weighted by atomic mass is 35.5. The van der Waals surface area contributed by atoms with Gasteiger partial charge in [-0.05, 0) is 47.5 Å². The van der Waals surface area contributed by atoms with Gasteiger partial charge in [-0.1, -0.05) is 65.7 Å². The van der Waals surface area contributed by atoms with E-state index in [1.165, 1.54) is 41.1 Å². The quantitative estimate of drug-likeness (QED) is 0.142. The molecule has 200 valence electrons. The van der Waals surface area contributed by atoms with Gasteiger partial charge in [0.25, 0.3) is 11.6 Å². The monoisotopic (exact) mass is 574 g/mol. The number of nitrogens with one attached hydrogen (secondary N) is 1. The second kappa shape index (κ2) is 11.9. The Labute approximate surface area is 238 Å². The Morgan fingerprint density at radius 2 is 1.65 bits per heavy atom. The molecule has 0 radical (unpaired) electrons. The summed E-state index contributed by atoms with van der Waals surface area (Å²) < 4.78 is 13.0. The number of hydrogen-bond donors (Lipinski definition) is 1. The van der Waals surface area contributed by atoms with Crippen LogP contribution < -0.4 is 14.8 Å². The fraction of sp³-hybridized carbons (Fsp3) is 0.0345. The van der Waals surface area contributed by atoms with Crippen LogP contribution in [0.3, 0.4) is 0 Å². The topological polar surface area (TPSA) is 109 Å². The van der Waals surface area contributed by atoms with Crippen molar-refractivity contribution in [3.63, 3.8) is 0 Å². The molecule has 0 aliphatic rings. The van der Waals surface area contributed by atoms with Gasteiger partial charge >= 0.3 is 0 Å². The molecule has 0 aliphatic carbocycles. The van der Waals surface area contributed by atoms with Crippen molar-refractivity contribution in [3.05, 3.63) is 129 Å². The first kappa shape index (κ1) is 26.7. The molecule has 40 heavy (non-hydrogen) atoms. The SMILES string of the molecule is O=C(Nc1cc(Oc2ccc(Cl)cc2Cl)cc([N+](=O)[O-])c1)c1ccn(COc2ccc(-c3ccccc3)cc2)n1. The first-order chi connectivity index (χ1) is 19.3. The molecule has 9 nitrogen and oxygen atoms in total. The van der Waals surface area contributed by atoms with Crippen LogP contribution in [0.5, 0.6) is 17.2 Å². The fourth-order valence-electron chi connectivity index (χ4n) is 3.77. The zero-order valence-electron chi connectivity index (χ0n) is 20.7. The van der Waals surface area contributed by atoms with E-state index in [1.807, 2.05) is 54.6 Å². The average molecular weight is 575 g/mol. The maximum atomic E-state index is 12.8. The van der Waals surface area contributed by atoms with Crippen LogP contribution in [0.15, 0.2) is 103 Å². The number of benzene rings is 4. The third kappa shape index (κ3) is 6.58. The summed E-state index contributed by atoms with van der Waals surface area (Å²) in [5, 5.41) is 19.0. The van der Waals surface area contributed by atoms with E-state index in [2.05, 4.69) is 10.4 Å². The van der Waals surface area contributed by atoms with Crippen molar-refractivity contribution in [3.8, 4) is 28.4 Å².